The molecule has 2 atom stereocenters. The molecule has 0 saturated carbocycles. The van der Waals surface area contributed by atoms with Crippen LogP contribution in [-0.2, 0) is 16.1 Å². The first-order valence-corrected chi connectivity index (χ1v) is 14.9. The van der Waals surface area contributed by atoms with Crippen molar-refractivity contribution in [3.63, 3.8) is 0 Å². The number of carbonyl (C=O) groups is 1. The molecule has 9 nitrogen and oxygen atoms in total. The summed E-state index contributed by atoms with van der Waals surface area (Å²) in [6, 6.07) is 31.3. The Bertz CT molecular complexity index is 1700. The van der Waals surface area contributed by atoms with Gasteiger partial charge in [0.25, 0.3) is 5.91 Å². The highest BCUT2D eigenvalue weighted by molar-refractivity contribution is 6.30. The van der Waals surface area contributed by atoms with Crippen LogP contribution in [0.25, 0.3) is 16.5 Å². The lowest BCUT2D eigenvalue weighted by Gasteiger charge is -2.30. The van der Waals surface area contributed by atoms with Gasteiger partial charge in [0.1, 0.15) is 5.75 Å². The Kier molecular flexibility index (Phi) is 10.5. The number of halogens is 1. The third-order valence-corrected chi connectivity index (χ3v) is 7.56. The molecule has 45 heavy (non-hydrogen) atoms. The molecule has 1 heterocycles. The van der Waals surface area contributed by atoms with Gasteiger partial charge in [0.2, 0.25) is 5.90 Å². The monoisotopic (exact) mass is 621 g/mol. The second kappa shape index (κ2) is 15.1. The van der Waals surface area contributed by atoms with E-state index in [9.17, 15) is 10.3 Å². The van der Waals surface area contributed by atoms with Gasteiger partial charge in [-0.3, -0.25) is 4.79 Å². The number of hydrogen-bond acceptors (Lipinski definition) is 6. The van der Waals surface area contributed by atoms with Crippen LogP contribution in [0.1, 0.15) is 41.2 Å². The standard InChI is InChI=1S/C35H32ClN5O4/c36-28-17-13-26(14-18-28)24-38-34(43)35(21-6-10-25-8-2-1-3-9-25)32(30-11-4-5-12-31(30)40-41-37)45-33(39-35)27-15-19-29(20-16-27)44-23-7-22-42/h1-6,8-20,32,42H,7,21-24H2,(H,38,43)/b10-6+/t32-,35-/m1/s1. The van der Waals surface area contributed by atoms with Crippen molar-refractivity contribution in [3.05, 3.63) is 147 Å². The van der Waals surface area contributed by atoms with E-state index in [1.165, 1.54) is 0 Å². The molecule has 0 aliphatic carbocycles. The maximum atomic E-state index is 14.4. The number of aliphatic imine (C=N–C) groups is 1. The molecule has 0 fully saturated rings. The molecule has 1 amide bonds. The van der Waals surface area contributed by atoms with E-state index in [2.05, 4.69) is 15.3 Å². The molecule has 10 heteroatoms. The molecule has 0 aromatic heterocycles. The predicted octanol–water partition coefficient (Wildman–Crippen LogP) is 7.72. The van der Waals surface area contributed by atoms with Crippen LogP contribution in [0.5, 0.6) is 5.75 Å². The largest absolute Gasteiger partial charge is 0.494 e. The predicted molar refractivity (Wildman–Crippen MR) is 175 cm³/mol. The Hall–Kier alpha value is -5.08. The van der Waals surface area contributed by atoms with Crippen LogP contribution >= 0.6 is 11.6 Å². The molecular formula is C35H32ClN5O4. The fraction of sp³-hybridized carbons (Fsp3) is 0.200. The third kappa shape index (κ3) is 7.72. The minimum atomic E-state index is -1.45. The van der Waals surface area contributed by atoms with Gasteiger partial charge >= 0.3 is 0 Å². The van der Waals surface area contributed by atoms with Crippen LogP contribution in [0, 0.1) is 0 Å². The molecule has 0 saturated heterocycles. The van der Waals surface area contributed by atoms with Gasteiger partial charge in [-0.2, -0.15) is 0 Å². The molecule has 4 aromatic rings. The van der Waals surface area contributed by atoms with E-state index in [0.29, 0.717) is 40.6 Å². The molecule has 1 aliphatic heterocycles. The average Bonchev–Trinajstić information content (AvgIpc) is 3.46. The number of aliphatic hydroxyl groups excluding tert-OH is 1. The van der Waals surface area contributed by atoms with Gasteiger partial charge in [-0.05, 0) is 53.1 Å². The number of nitrogens with zero attached hydrogens (tertiary/aromatic N) is 4. The fourth-order valence-electron chi connectivity index (χ4n) is 5.02. The number of rotatable bonds is 13. The molecule has 0 bridgehead atoms. The average molecular weight is 622 g/mol. The quantitative estimate of drug-likeness (QED) is 0.0685. The summed E-state index contributed by atoms with van der Waals surface area (Å²) >= 11 is 6.07. The summed E-state index contributed by atoms with van der Waals surface area (Å²) in [6.45, 7) is 0.675. The number of benzene rings is 4. The van der Waals surface area contributed by atoms with Crippen molar-refractivity contribution in [1.29, 1.82) is 0 Å². The van der Waals surface area contributed by atoms with Crippen molar-refractivity contribution in [2.45, 2.75) is 31.0 Å². The number of azide groups is 1. The topological polar surface area (TPSA) is 129 Å². The number of ether oxygens (including phenoxy) is 2. The molecule has 228 valence electrons. The Morgan fingerprint density at radius 1 is 1.04 bits per heavy atom. The van der Waals surface area contributed by atoms with Crippen LogP contribution in [0.15, 0.2) is 119 Å². The van der Waals surface area contributed by atoms with Gasteiger partial charge in [-0.1, -0.05) is 95.6 Å². The first-order valence-electron chi connectivity index (χ1n) is 14.5. The van der Waals surface area contributed by atoms with Crippen molar-refractivity contribution in [2.24, 2.45) is 10.1 Å². The number of hydrogen-bond donors (Lipinski definition) is 2. The SMILES string of the molecule is [N-]=[N+]=Nc1ccccc1[C@H]1OC(c2ccc(OCCCO)cc2)=N[C@@]1(C/C=C/c1ccccc1)C(=O)NCc1ccc(Cl)cc1. The number of amides is 1. The lowest BCUT2D eigenvalue weighted by molar-refractivity contribution is -0.129. The van der Waals surface area contributed by atoms with Crippen LogP contribution in [0.3, 0.4) is 0 Å². The Morgan fingerprint density at radius 2 is 1.78 bits per heavy atom. The van der Waals surface area contributed by atoms with Crippen molar-refractivity contribution in [3.8, 4) is 5.75 Å². The maximum absolute atomic E-state index is 14.4. The Morgan fingerprint density at radius 3 is 2.51 bits per heavy atom. The maximum Gasteiger partial charge on any atom is 0.252 e. The van der Waals surface area contributed by atoms with Crippen LogP contribution in [0.4, 0.5) is 5.69 Å². The van der Waals surface area contributed by atoms with Crippen LogP contribution in [0.2, 0.25) is 5.02 Å². The summed E-state index contributed by atoms with van der Waals surface area (Å²) in [5.74, 6) is 0.552. The summed E-state index contributed by atoms with van der Waals surface area (Å²) in [6.07, 6.45) is 3.65. The highest BCUT2D eigenvalue weighted by atomic mass is 35.5. The molecule has 0 unspecified atom stereocenters. The van der Waals surface area contributed by atoms with Gasteiger partial charge in [0.05, 0.1) is 6.61 Å². The summed E-state index contributed by atoms with van der Waals surface area (Å²) in [4.78, 5) is 22.4. The lowest BCUT2D eigenvalue weighted by atomic mass is 9.83. The Labute approximate surface area is 266 Å². The third-order valence-electron chi connectivity index (χ3n) is 7.31. The van der Waals surface area contributed by atoms with Crippen molar-refractivity contribution >= 4 is 35.2 Å². The van der Waals surface area contributed by atoms with E-state index in [1.54, 1.807) is 42.5 Å². The normalized spacial score (nSPS) is 17.3. The lowest BCUT2D eigenvalue weighted by Crippen LogP contribution is -2.47. The van der Waals surface area contributed by atoms with Crippen LogP contribution in [-0.4, -0.2) is 35.7 Å². The van der Waals surface area contributed by atoms with Gasteiger partial charge in [0.15, 0.2) is 11.6 Å². The van der Waals surface area contributed by atoms with E-state index in [-0.39, 0.29) is 31.4 Å². The van der Waals surface area contributed by atoms with E-state index < -0.39 is 11.6 Å². The highest BCUT2D eigenvalue weighted by Gasteiger charge is 2.53. The minimum Gasteiger partial charge on any atom is -0.494 e. The molecule has 4 aromatic carbocycles. The fourth-order valence-corrected chi connectivity index (χ4v) is 5.14. The van der Waals surface area contributed by atoms with Crippen molar-refractivity contribution < 1.29 is 19.4 Å². The minimum absolute atomic E-state index is 0.0440. The Balaban J connectivity index is 1.56. The summed E-state index contributed by atoms with van der Waals surface area (Å²) in [5.41, 5.74) is 11.2. The molecule has 0 spiro atoms. The van der Waals surface area contributed by atoms with Crippen molar-refractivity contribution in [1.82, 2.24) is 5.32 Å². The zero-order valence-corrected chi connectivity index (χ0v) is 25.2. The second-order valence-electron chi connectivity index (χ2n) is 10.4. The van der Waals surface area contributed by atoms with E-state index >= 15 is 0 Å². The highest BCUT2D eigenvalue weighted by Crippen LogP contribution is 2.45. The smallest absolute Gasteiger partial charge is 0.252 e. The number of aliphatic hydroxyl groups is 1. The first-order chi connectivity index (χ1) is 22.0. The van der Waals surface area contributed by atoms with E-state index in [0.717, 1.165) is 11.1 Å². The van der Waals surface area contributed by atoms with Gasteiger partial charge in [-0.15, -0.1) is 0 Å². The second-order valence-corrected chi connectivity index (χ2v) is 10.8. The summed E-state index contributed by atoms with van der Waals surface area (Å²) in [7, 11) is 0. The number of carbonyl (C=O) groups excluding carboxylic acids is 1. The van der Waals surface area contributed by atoms with Crippen LogP contribution < -0.4 is 10.1 Å². The first kappa shape index (κ1) is 31.3. The van der Waals surface area contributed by atoms with E-state index in [1.807, 2.05) is 72.8 Å². The van der Waals surface area contributed by atoms with Gasteiger partial charge in [-0.25, -0.2) is 4.99 Å². The molecule has 2 N–H and O–H groups in total. The zero-order chi connectivity index (χ0) is 31.5. The number of nitrogens with one attached hydrogen (secondary N) is 1. The molecule has 0 radical (unpaired) electrons. The molecular weight excluding hydrogens is 590 g/mol. The molecule has 5 rings (SSSR count). The van der Waals surface area contributed by atoms with Gasteiger partial charge in [0, 0.05) is 52.7 Å². The van der Waals surface area contributed by atoms with E-state index in [4.69, 9.17) is 31.2 Å². The van der Waals surface area contributed by atoms with Gasteiger partial charge < -0.3 is 19.9 Å². The molecule has 1 aliphatic rings. The summed E-state index contributed by atoms with van der Waals surface area (Å²) < 4.78 is 12.2. The zero-order valence-electron chi connectivity index (χ0n) is 24.4. The summed E-state index contributed by atoms with van der Waals surface area (Å²) in [5, 5.41) is 16.6. The van der Waals surface area contributed by atoms with Crippen molar-refractivity contribution in [2.75, 3.05) is 13.2 Å².